The molecule has 0 aliphatic rings. The highest BCUT2D eigenvalue weighted by Gasteiger charge is 2.09. The van der Waals surface area contributed by atoms with E-state index in [1.165, 1.54) is 6.26 Å². The molecule has 0 saturated heterocycles. The van der Waals surface area contributed by atoms with Crippen molar-refractivity contribution >= 4 is 27.4 Å². The molecule has 0 aromatic heterocycles. The van der Waals surface area contributed by atoms with Crippen LogP contribution in [-0.2, 0) is 16.3 Å². The zero-order valence-corrected chi connectivity index (χ0v) is 16.7. The topological polar surface area (TPSA) is 70.6 Å². The van der Waals surface area contributed by atoms with E-state index in [1.807, 2.05) is 43.3 Å². The third-order valence-corrected chi connectivity index (χ3v) is 5.35. The van der Waals surface area contributed by atoms with Crippen LogP contribution in [0.15, 0.2) is 58.4 Å². The maximum absolute atomic E-state index is 11.5. The lowest BCUT2D eigenvalue weighted by atomic mass is 10.1. The minimum Gasteiger partial charge on any atom is -0.356 e. The third kappa shape index (κ3) is 6.04. The average molecular weight is 394 g/mol. The second-order valence-corrected chi connectivity index (χ2v) is 8.54. The van der Waals surface area contributed by atoms with Crippen molar-refractivity contribution in [1.29, 1.82) is 0 Å². The first kappa shape index (κ1) is 20.3. The van der Waals surface area contributed by atoms with E-state index in [0.717, 1.165) is 17.5 Å². The molecular weight excluding hydrogens is 370 g/mol. The van der Waals surface area contributed by atoms with E-state index in [2.05, 4.69) is 15.6 Å². The fraction of sp³-hybridized carbons (Fsp3) is 0.316. The van der Waals surface area contributed by atoms with Crippen molar-refractivity contribution in [3.05, 3.63) is 64.7 Å². The number of sulfone groups is 1. The van der Waals surface area contributed by atoms with Crippen molar-refractivity contribution in [3.63, 3.8) is 0 Å². The zero-order chi connectivity index (χ0) is 19.2. The van der Waals surface area contributed by atoms with Crippen molar-refractivity contribution in [1.82, 2.24) is 10.6 Å². The summed E-state index contributed by atoms with van der Waals surface area (Å²) in [7, 11) is -1.43. The average Bonchev–Trinajstić information content (AvgIpc) is 2.60. The molecule has 7 heteroatoms. The molecule has 0 saturated carbocycles. The minimum absolute atomic E-state index is 0.0638. The highest BCUT2D eigenvalue weighted by molar-refractivity contribution is 7.90. The summed E-state index contributed by atoms with van der Waals surface area (Å²) in [5.74, 6) is 0.699. The zero-order valence-electron chi connectivity index (χ0n) is 15.2. The van der Waals surface area contributed by atoms with Crippen LogP contribution >= 0.6 is 11.6 Å². The molecule has 1 atom stereocenters. The minimum atomic E-state index is -3.15. The van der Waals surface area contributed by atoms with Crippen LogP contribution in [0.1, 0.15) is 24.1 Å². The van der Waals surface area contributed by atoms with E-state index in [4.69, 9.17) is 11.6 Å². The Morgan fingerprint density at radius 1 is 1.19 bits per heavy atom. The van der Waals surface area contributed by atoms with Gasteiger partial charge in [0.25, 0.3) is 0 Å². The molecule has 2 N–H and O–H groups in total. The summed E-state index contributed by atoms with van der Waals surface area (Å²) >= 11 is 6.04. The van der Waals surface area contributed by atoms with Crippen LogP contribution in [0.4, 0.5) is 0 Å². The number of guanidine groups is 1. The molecule has 1 unspecified atom stereocenters. The maximum atomic E-state index is 11.5. The number of nitrogens with one attached hydrogen (secondary N) is 2. The van der Waals surface area contributed by atoms with Crippen molar-refractivity contribution in [3.8, 4) is 0 Å². The SMILES string of the molecule is CN=C(NCCc1ccc(S(C)(=O)=O)cc1)NC(C)c1cccc(Cl)c1. The van der Waals surface area contributed by atoms with Gasteiger partial charge in [-0.15, -0.1) is 0 Å². The molecule has 0 aliphatic carbocycles. The van der Waals surface area contributed by atoms with Crippen LogP contribution in [0.25, 0.3) is 0 Å². The fourth-order valence-corrected chi connectivity index (χ4v) is 3.32. The largest absolute Gasteiger partial charge is 0.356 e. The molecule has 26 heavy (non-hydrogen) atoms. The highest BCUT2D eigenvalue weighted by Crippen LogP contribution is 2.17. The predicted molar refractivity (Wildman–Crippen MR) is 108 cm³/mol. The first-order valence-corrected chi connectivity index (χ1v) is 10.6. The Labute approximate surface area is 160 Å². The molecular formula is C19H24ClN3O2S. The first-order chi connectivity index (χ1) is 12.3. The van der Waals surface area contributed by atoms with Crippen LogP contribution in [0.3, 0.4) is 0 Å². The van der Waals surface area contributed by atoms with Crippen LogP contribution < -0.4 is 10.6 Å². The van der Waals surface area contributed by atoms with Crippen molar-refractivity contribution in [2.24, 2.45) is 4.99 Å². The first-order valence-electron chi connectivity index (χ1n) is 8.31. The van der Waals surface area contributed by atoms with Gasteiger partial charge in [-0.3, -0.25) is 4.99 Å². The van der Waals surface area contributed by atoms with Crippen LogP contribution in [0.5, 0.6) is 0 Å². The Bertz CT molecular complexity index is 865. The fourth-order valence-electron chi connectivity index (χ4n) is 2.49. The van der Waals surface area contributed by atoms with E-state index >= 15 is 0 Å². The van der Waals surface area contributed by atoms with Gasteiger partial charge >= 0.3 is 0 Å². The second kappa shape index (κ2) is 9.05. The van der Waals surface area contributed by atoms with Gasteiger partial charge < -0.3 is 10.6 Å². The number of halogens is 1. The second-order valence-electron chi connectivity index (χ2n) is 6.09. The molecule has 140 valence electrons. The van der Waals surface area contributed by atoms with E-state index in [9.17, 15) is 8.42 Å². The predicted octanol–water partition coefficient (Wildman–Crippen LogP) is 3.21. The molecule has 2 rings (SSSR count). The van der Waals surface area contributed by atoms with Crippen LogP contribution in [0.2, 0.25) is 5.02 Å². The lowest BCUT2D eigenvalue weighted by Gasteiger charge is -2.18. The molecule has 0 bridgehead atoms. The number of benzene rings is 2. The van der Waals surface area contributed by atoms with Crippen molar-refractivity contribution in [2.75, 3.05) is 19.8 Å². The summed E-state index contributed by atoms with van der Waals surface area (Å²) in [4.78, 5) is 4.57. The van der Waals surface area contributed by atoms with E-state index in [0.29, 0.717) is 22.4 Å². The molecule has 0 radical (unpaired) electrons. The van der Waals surface area contributed by atoms with E-state index in [-0.39, 0.29) is 6.04 Å². The summed E-state index contributed by atoms with van der Waals surface area (Å²) < 4.78 is 23.0. The Hall–Kier alpha value is -2.05. The molecule has 0 amide bonds. The summed E-state index contributed by atoms with van der Waals surface area (Å²) in [5.41, 5.74) is 2.14. The number of hydrogen-bond acceptors (Lipinski definition) is 3. The smallest absolute Gasteiger partial charge is 0.191 e. The molecule has 5 nitrogen and oxygen atoms in total. The number of rotatable bonds is 6. The van der Waals surface area contributed by atoms with Gasteiger partial charge in [-0.1, -0.05) is 35.9 Å². The Kier molecular flexibility index (Phi) is 7.06. The monoisotopic (exact) mass is 393 g/mol. The molecule has 2 aromatic rings. The Morgan fingerprint density at radius 2 is 1.88 bits per heavy atom. The van der Waals surface area contributed by atoms with E-state index < -0.39 is 9.84 Å². The van der Waals surface area contributed by atoms with Gasteiger partial charge in [0.05, 0.1) is 10.9 Å². The van der Waals surface area contributed by atoms with Crippen molar-refractivity contribution in [2.45, 2.75) is 24.3 Å². The summed E-state index contributed by atoms with van der Waals surface area (Å²) in [5, 5.41) is 7.30. The van der Waals surface area contributed by atoms with Crippen molar-refractivity contribution < 1.29 is 8.42 Å². The van der Waals surface area contributed by atoms with Gasteiger partial charge in [0, 0.05) is 24.9 Å². The molecule has 2 aromatic carbocycles. The summed E-state index contributed by atoms with van der Waals surface area (Å²) in [6.07, 6.45) is 1.97. The Morgan fingerprint density at radius 3 is 2.46 bits per heavy atom. The summed E-state index contributed by atoms with van der Waals surface area (Å²) in [6, 6.07) is 14.7. The molecule has 0 fully saturated rings. The van der Waals surface area contributed by atoms with Gasteiger partial charge in [0.15, 0.2) is 15.8 Å². The summed E-state index contributed by atoms with van der Waals surface area (Å²) in [6.45, 7) is 2.72. The number of nitrogens with zero attached hydrogens (tertiary/aromatic N) is 1. The standard InChI is InChI=1S/C19H24ClN3O2S/c1-14(16-5-4-6-17(20)13-16)23-19(21-2)22-12-11-15-7-9-18(10-8-15)26(3,24)25/h4-10,13-14H,11-12H2,1-3H3,(H2,21,22,23). The van der Waals surface area contributed by atoms with Gasteiger partial charge in [-0.25, -0.2) is 8.42 Å². The molecule has 0 spiro atoms. The van der Waals surface area contributed by atoms with Gasteiger partial charge in [0.2, 0.25) is 0 Å². The van der Waals surface area contributed by atoms with Crippen LogP contribution in [-0.4, -0.2) is 34.2 Å². The lowest BCUT2D eigenvalue weighted by molar-refractivity contribution is 0.602. The highest BCUT2D eigenvalue weighted by atomic mass is 35.5. The third-order valence-electron chi connectivity index (χ3n) is 3.98. The molecule has 0 heterocycles. The quantitative estimate of drug-likeness (QED) is 0.584. The van der Waals surface area contributed by atoms with Gasteiger partial charge in [-0.2, -0.15) is 0 Å². The normalized spacial score (nSPS) is 13.3. The number of aliphatic imine (C=N–C) groups is 1. The van der Waals surface area contributed by atoms with Crippen LogP contribution in [0, 0.1) is 0 Å². The maximum Gasteiger partial charge on any atom is 0.191 e. The van der Waals surface area contributed by atoms with Gasteiger partial charge in [0.1, 0.15) is 0 Å². The lowest BCUT2D eigenvalue weighted by Crippen LogP contribution is -2.39. The van der Waals surface area contributed by atoms with E-state index in [1.54, 1.807) is 19.2 Å². The molecule has 0 aliphatic heterocycles. The number of hydrogen-bond donors (Lipinski definition) is 2. The Balaban J connectivity index is 1.87. The van der Waals surface area contributed by atoms with Gasteiger partial charge in [-0.05, 0) is 48.7 Å².